The highest BCUT2D eigenvalue weighted by atomic mass is 16.5. The summed E-state index contributed by atoms with van der Waals surface area (Å²) in [6.07, 6.45) is 4.40. The Kier molecular flexibility index (Phi) is 5.35. The number of methoxy groups -OCH3 is 2. The van der Waals surface area contributed by atoms with Gasteiger partial charge in [-0.05, 0) is 18.9 Å². The minimum Gasteiger partial charge on any atom is -0.382 e. The first-order valence-corrected chi connectivity index (χ1v) is 5.09. The van der Waals surface area contributed by atoms with Gasteiger partial charge >= 0.3 is 0 Å². The fourth-order valence-corrected chi connectivity index (χ4v) is 1.37. The molecule has 1 aliphatic rings. The first-order chi connectivity index (χ1) is 6.36. The van der Waals surface area contributed by atoms with Crippen molar-refractivity contribution in [1.29, 1.82) is 0 Å². The van der Waals surface area contributed by atoms with Gasteiger partial charge in [0.05, 0.1) is 12.7 Å². The lowest BCUT2D eigenvalue weighted by Crippen LogP contribution is -2.32. The van der Waals surface area contributed by atoms with E-state index in [1.165, 1.54) is 19.3 Å². The summed E-state index contributed by atoms with van der Waals surface area (Å²) in [5, 5.41) is 3.39. The highest BCUT2D eigenvalue weighted by Crippen LogP contribution is 2.31. The average molecular weight is 187 g/mol. The molecule has 1 atom stereocenters. The van der Waals surface area contributed by atoms with Crippen molar-refractivity contribution in [3.63, 3.8) is 0 Å². The third-order valence-electron chi connectivity index (χ3n) is 2.48. The molecule has 3 heteroatoms. The van der Waals surface area contributed by atoms with Crippen LogP contribution < -0.4 is 5.32 Å². The maximum Gasteiger partial charge on any atom is 0.0928 e. The molecule has 0 aromatic heterocycles. The van der Waals surface area contributed by atoms with Crippen molar-refractivity contribution in [3.05, 3.63) is 0 Å². The topological polar surface area (TPSA) is 30.5 Å². The molecule has 0 amide bonds. The van der Waals surface area contributed by atoms with Crippen LogP contribution in [0, 0.1) is 5.92 Å². The van der Waals surface area contributed by atoms with Gasteiger partial charge in [0.15, 0.2) is 0 Å². The van der Waals surface area contributed by atoms with E-state index >= 15 is 0 Å². The van der Waals surface area contributed by atoms with E-state index in [1.807, 2.05) is 0 Å². The number of hydrogen-bond acceptors (Lipinski definition) is 3. The van der Waals surface area contributed by atoms with Crippen LogP contribution in [0.25, 0.3) is 0 Å². The molecular formula is C10H21NO2. The van der Waals surface area contributed by atoms with Gasteiger partial charge in [-0.25, -0.2) is 0 Å². The Labute approximate surface area is 80.8 Å². The molecular weight excluding hydrogens is 166 g/mol. The molecule has 13 heavy (non-hydrogen) atoms. The largest absolute Gasteiger partial charge is 0.382 e. The Morgan fingerprint density at radius 3 is 2.69 bits per heavy atom. The fraction of sp³-hybridized carbons (Fsp3) is 1.00. The highest BCUT2D eigenvalue weighted by Gasteiger charge is 2.20. The summed E-state index contributed by atoms with van der Waals surface area (Å²) in [6.45, 7) is 2.69. The molecule has 3 nitrogen and oxygen atoms in total. The van der Waals surface area contributed by atoms with Crippen LogP contribution in [0.4, 0.5) is 0 Å². The summed E-state index contributed by atoms with van der Waals surface area (Å²) < 4.78 is 10.2. The van der Waals surface area contributed by atoms with Crippen LogP contribution in [0.2, 0.25) is 0 Å². The van der Waals surface area contributed by atoms with Gasteiger partial charge in [-0.2, -0.15) is 0 Å². The Morgan fingerprint density at radius 1 is 1.38 bits per heavy atom. The van der Waals surface area contributed by atoms with Crippen LogP contribution in [0.5, 0.6) is 0 Å². The summed E-state index contributed by atoms with van der Waals surface area (Å²) in [7, 11) is 3.43. The Hall–Kier alpha value is -0.120. The predicted octanol–water partition coefficient (Wildman–Crippen LogP) is 1.04. The molecule has 0 radical (unpaired) electrons. The third-order valence-corrected chi connectivity index (χ3v) is 2.48. The van der Waals surface area contributed by atoms with Crippen molar-refractivity contribution in [3.8, 4) is 0 Å². The zero-order valence-corrected chi connectivity index (χ0v) is 8.71. The zero-order chi connectivity index (χ0) is 9.52. The summed E-state index contributed by atoms with van der Waals surface area (Å²) in [5.41, 5.74) is 0. The number of rotatable bonds is 8. The second-order valence-electron chi connectivity index (χ2n) is 3.75. The van der Waals surface area contributed by atoms with Gasteiger partial charge in [-0.15, -0.1) is 0 Å². The molecule has 1 unspecified atom stereocenters. The van der Waals surface area contributed by atoms with Gasteiger partial charge in [0.2, 0.25) is 0 Å². The summed E-state index contributed by atoms with van der Waals surface area (Å²) >= 11 is 0. The van der Waals surface area contributed by atoms with E-state index in [2.05, 4.69) is 5.32 Å². The van der Waals surface area contributed by atoms with Gasteiger partial charge in [-0.1, -0.05) is 12.8 Å². The van der Waals surface area contributed by atoms with E-state index in [1.54, 1.807) is 14.2 Å². The minimum absolute atomic E-state index is 0.198. The van der Waals surface area contributed by atoms with Crippen LogP contribution in [0.3, 0.4) is 0 Å². The van der Waals surface area contributed by atoms with Crippen molar-refractivity contribution in [2.75, 3.05) is 33.9 Å². The first kappa shape index (κ1) is 11.0. The van der Waals surface area contributed by atoms with Crippen LogP contribution in [0.15, 0.2) is 0 Å². The van der Waals surface area contributed by atoms with Crippen LogP contribution in [-0.2, 0) is 9.47 Å². The molecule has 0 bridgehead atoms. The summed E-state index contributed by atoms with van der Waals surface area (Å²) in [6, 6.07) is 0. The van der Waals surface area contributed by atoms with Gasteiger partial charge < -0.3 is 14.8 Å². The molecule has 1 fully saturated rings. The quantitative estimate of drug-likeness (QED) is 0.576. The second-order valence-corrected chi connectivity index (χ2v) is 3.75. The fourth-order valence-electron chi connectivity index (χ4n) is 1.37. The van der Waals surface area contributed by atoms with Crippen molar-refractivity contribution < 1.29 is 9.47 Å². The standard InChI is InChI=1S/C10H21NO2/c1-12-8-10(13-2)7-11-6-5-9-3-4-9/h9-11H,3-8H2,1-2H3. The lowest BCUT2D eigenvalue weighted by atomic mass is 10.3. The van der Waals surface area contributed by atoms with E-state index in [0.29, 0.717) is 6.61 Å². The average Bonchev–Trinajstić information content (AvgIpc) is 2.94. The molecule has 1 rings (SSSR count). The van der Waals surface area contributed by atoms with Crippen molar-refractivity contribution in [1.82, 2.24) is 5.32 Å². The SMILES string of the molecule is COCC(CNCCC1CC1)OC. The van der Waals surface area contributed by atoms with Crippen molar-refractivity contribution in [2.24, 2.45) is 5.92 Å². The lowest BCUT2D eigenvalue weighted by molar-refractivity contribution is 0.0290. The summed E-state index contributed by atoms with van der Waals surface area (Å²) in [4.78, 5) is 0. The Bertz CT molecular complexity index is 126. The highest BCUT2D eigenvalue weighted by molar-refractivity contribution is 4.74. The van der Waals surface area contributed by atoms with E-state index in [4.69, 9.17) is 9.47 Å². The minimum atomic E-state index is 0.198. The second kappa shape index (κ2) is 6.35. The molecule has 1 aliphatic carbocycles. The predicted molar refractivity (Wildman–Crippen MR) is 52.9 cm³/mol. The molecule has 0 heterocycles. The lowest BCUT2D eigenvalue weighted by Gasteiger charge is -2.14. The molecule has 1 N–H and O–H groups in total. The molecule has 0 saturated heterocycles. The molecule has 0 aromatic carbocycles. The van der Waals surface area contributed by atoms with Crippen molar-refractivity contribution >= 4 is 0 Å². The van der Waals surface area contributed by atoms with E-state index in [0.717, 1.165) is 19.0 Å². The van der Waals surface area contributed by atoms with Crippen molar-refractivity contribution in [2.45, 2.75) is 25.4 Å². The third kappa shape index (κ3) is 5.24. The normalized spacial score (nSPS) is 18.9. The van der Waals surface area contributed by atoms with Gasteiger partial charge in [0.25, 0.3) is 0 Å². The first-order valence-electron chi connectivity index (χ1n) is 5.09. The van der Waals surface area contributed by atoms with Gasteiger partial charge in [-0.3, -0.25) is 0 Å². The molecule has 78 valence electrons. The van der Waals surface area contributed by atoms with E-state index in [-0.39, 0.29) is 6.10 Å². The van der Waals surface area contributed by atoms with E-state index < -0.39 is 0 Å². The van der Waals surface area contributed by atoms with Crippen LogP contribution in [-0.4, -0.2) is 40.0 Å². The number of nitrogens with one attached hydrogen (secondary N) is 1. The Balaban J connectivity index is 1.88. The zero-order valence-electron chi connectivity index (χ0n) is 8.71. The van der Waals surface area contributed by atoms with Crippen LogP contribution >= 0.6 is 0 Å². The maximum absolute atomic E-state index is 5.23. The Morgan fingerprint density at radius 2 is 2.15 bits per heavy atom. The smallest absolute Gasteiger partial charge is 0.0928 e. The monoisotopic (exact) mass is 187 g/mol. The molecule has 0 aliphatic heterocycles. The number of ether oxygens (including phenoxy) is 2. The number of hydrogen-bond donors (Lipinski definition) is 1. The maximum atomic E-state index is 5.23. The molecule has 0 aromatic rings. The van der Waals surface area contributed by atoms with Gasteiger partial charge in [0, 0.05) is 20.8 Å². The molecule has 1 saturated carbocycles. The van der Waals surface area contributed by atoms with Crippen LogP contribution in [0.1, 0.15) is 19.3 Å². The van der Waals surface area contributed by atoms with Gasteiger partial charge in [0.1, 0.15) is 0 Å². The summed E-state index contributed by atoms with van der Waals surface area (Å²) in [5.74, 6) is 1.01. The van der Waals surface area contributed by atoms with E-state index in [9.17, 15) is 0 Å². The molecule has 0 spiro atoms.